The van der Waals surface area contributed by atoms with Gasteiger partial charge >= 0.3 is 0 Å². The molecular weight excluding hydrogens is 345 g/mol. The number of carbonyl (C=O) groups is 1. The first-order valence-corrected chi connectivity index (χ1v) is 9.16. The van der Waals surface area contributed by atoms with Crippen molar-refractivity contribution in [1.82, 2.24) is 10.2 Å². The van der Waals surface area contributed by atoms with Gasteiger partial charge in [0.05, 0.1) is 7.11 Å². The summed E-state index contributed by atoms with van der Waals surface area (Å²) >= 11 is 0. The van der Waals surface area contributed by atoms with E-state index in [9.17, 15) is 9.18 Å². The Labute approximate surface area is 159 Å². The van der Waals surface area contributed by atoms with Gasteiger partial charge in [-0.25, -0.2) is 4.39 Å². The normalized spacial score (nSPS) is 16.6. The Hall–Kier alpha value is -2.60. The van der Waals surface area contributed by atoms with Gasteiger partial charge in [0.25, 0.3) is 0 Å². The maximum atomic E-state index is 13.5. The number of carbonyl (C=O) groups excluding carboxylic acids is 1. The van der Waals surface area contributed by atoms with E-state index in [4.69, 9.17) is 4.74 Å². The Bertz CT molecular complexity index is 771. The van der Waals surface area contributed by atoms with E-state index in [1.807, 2.05) is 12.1 Å². The number of likely N-dealkylation sites (tertiary alicyclic amines) is 1. The fraction of sp³-hybridized carbons (Fsp3) is 0.381. The molecule has 0 aromatic heterocycles. The lowest BCUT2D eigenvalue weighted by Crippen LogP contribution is -2.57. The van der Waals surface area contributed by atoms with Crippen molar-refractivity contribution in [2.45, 2.75) is 24.9 Å². The molecule has 2 aromatic rings. The molecule has 1 fully saturated rings. The van der Waals surface area contributed by atoms with Crippen LogP contribution in [0.5, 0.6) is 5.75 Å². The maximum Gasteiger partial charge on any atom is 0.245 e. The topological polar surface area (TPSA) is 53.6 Å². The second-order valence-electron chi connectivity index (χ2n) is 6.92. The number of amides is 1. The second kappa shape index (κ2) is 8.39. The molecule has 3 rings (SSSR count). The SMILES string of the molecule is CNC(=O)C1(Nc2cccc(F)c2)CCN(Cc2ccc(OC)cc2)CC1. The molecule has 0 radical (unpaired) electrons. The number of piperidine rings is 1. The van der Waals surface area contributed by atoms with Gasteiger partial charge in [-0.2, -0.15) is 0 Å². The van der Waals surface area contributed by atoms with Crippen molar-refractivity contribution in [3.63, 3.8) is 0 Å². The smallest absolute Gasteiger partial charge is 0.245 e. The van der Waals surface area contributed by atoms with Crippen LogP contribution >= 0.6 is 0 Å². The zero-order chi connectivity index (χ0) is 19.3. The standard InChI is InChI=1S/C21H26FN3O2/c1-23-20(26)21(24-18-5-3-4-17(22)14-18)10-12-25(13-11-21)15-16-6-8-19(27-2)9-7-16/h3-9,14,24H,10-13,15H2,1-2H3,(H,23,26). The third-order valence-corrected chi connectivity index (χ3v) is 5.14. The van der Waals surface area contributed by atoms with Crippen LogP contribution in [0.2, 0.25) is 0 Å². The number of nitrogens with zero attached hydrogens (tertiary/aromatic N) is 1. The number of nitrogens with one attached hydrogen (secondary N) is 2. The molecule has 1 saturated heterocycles. The predicted octanol–water partition coefficient (Wildman–Crippen LogP) is 3.03. The number of anilines is 1. The minimum absolute atomic E-state index is 0.0594. The Morgan fingerprint density at radius 3 is 2.48 bits per heavy atom. The zero-order valence-corrected chi connectivity index (χ0v) is 15.8. The van der Waals surface area contributed by atoms with Crippen LogP contribution in [-0.2, 0) is 11.3 Å². The van der Waals surface area contributed by atoms with Crippen molar-refractivity contribution in [3.05, 3.63) is 59.9 Å². The summed E-state index contributed by atoms with van der Waals surface area (Å²) in [6.07, 6.45) is 1.30. The van der Waals surface area contributed by atoms with Crippen LogP contribution in [-0.4, -0.2) is 43.6 Å². The van der Waals surface area contributed by atoms with Crippen LogP contribution < -0.4 is 15.4 Å². The van der Waals surface area contributed by atoms with Gasteiger partial charge in [0, 0.05) is 32.4 Å². The number of ether oxygens (including phenoxy) is 1. The first-order chi connectivity index (χ1) is 13.0. The average molecular weight is 371 g/mol. The number of hydrogen-bond donors (Lipinski definition) is 2. The molecule has 0 saturated carbocycles. The molecule has 27 heavy (non-hydrogen) atoms. The van der Waals surface area contributed by atoms with Crippen LogP contribution in [0, 0.1) is 5.82 Å². The Balaban J connectivity index is 1.67. The first-order valence-electron chi connectivity index (χ1n) is 9.16. The molecular formula is C21H26FN3O2. The van der Waals surface area contributed by atoms with Crippen LogP contribution in [0.15, 0.2) is 48.5 Å². The van der Waals surface area contributed by atoms with Gasteiger partial charge < -0.3 is 15.4 Å². The summed E-state index contributed by atoms with van der Waals surface area (Å²) in [6, 6.07) is 14.3. The number of halogens is 1. The molecule has 0 spiro atoms. The summed E-state index contributed by atoms with van der Waals surface area (Å²) in [5.41, 5.74) is 1.11. The maximum absolute atomic E-state index is 13.5. The van der Waals surface area contributed by atoms with E-state index in [2.05, 4.69) is 27.7 Å². The minimum Gasteiger partial charge on any atom is -0.497 e. The largest absolute Gasteiger partial charge is 0.497 e. The summed E-state index contributed by atoms with van der Waals surface area (Å²) in [5, 5.41) is 6.05. The van der Waals surface area contributed by atoms with E-state index < -0.39 is 5.54 Å². The third-order valence-electron chi connectivity index (χ3n) is 5.14. The number of likely N-dealkylation sites (N-methyl/N-ethyl adjacent to an activating group) is 1. The third kappa shape index (κ3) is 4.57. The lowest BCUT2D eigenvalue weighted by molar-refractivity contribution is -0.126. The van der Waals surface area contributed by atoms with E-state index in [0.29, 0.717) is 18.5 Å². The highest BCUT2D eigenvalue weighted by Gasteiger charge is 2.40. The van der Waals surface area contributed by atoms with Gasteiger partial charge in [-0.05, 0) is 48.7 Å². The van der Waals surface area contributed by atoms with E-state index in [1.54, 1.807) is 26.3 Å². The van der Waals surface area contributed by atoms with Gasteiger partial charge in [0.15, 0.2) is 0 Å². The molecule has 2 aromatic carbocycles. The van der Waals surface area contributed by atoms with Crippen molar-refractivity contribution in [2.75, 3.05) is 32.6 Å². The summed E-state index contributed by atoms with van der Waals surface area (Å²) in [7, 11) is 3.30. The molecule has 0 aliphatic carbocycles. The number of hydrogen-bond acceptors (Lipinski definition) is 4. The van der Waals surface area contributed by atoms with E-state index in [0.717, 1.165) is 25.4 Å². The van der Waals surface area contributed by atoms with Crippen LogP contribution in [0.1, 0.15) is 18.4 Å². The lowest BCUT2D eigenvalue weighted by Gasteiger charge is -2.41. The quantitative estimate of drug-likeness (QED) is 0.820. The Morgan fingerprint density at radius 2 is 1.89 bits per heavy atom. The van der Waals surface area contributed by atoms with Crippen molar-refractivity contribution in [3.8, 4) is 5.75 Å². The van der Waals surface area contributed by atoms with Gasteiger partial charge in [-0.3, -0.25) is 9.69 Å². The van der Waals surface area contributed by atoms with Crippen LogP contribution in [0.3, 0.4) is 0 Å². The molecule has 5 nitrogen and oxygen atoms in total. The van der Waals surface area contributed by atoms with Crippen molar-refractivity contribution in [1.29, 1.82) is 0 Å². The van der Waals surface area contributed by atoms with Crippen molar-refractivity contribution >= 4 is 11.6 Å². The summed E-state index contributed by atoms with van der Waals surface area (Å²) < 4.78 is 18.7. The van der Waals surface area contributed by atoms with Gasteiger partial charge in [0.2, 0.25) is 5.91 Å². The molecule has 6 heteroatoms. The van der Waals surface area contributed by atoms with Crippen molar-refractivity contribution in [2.24, 2.45) is 0 Å². The molecule has 0 bridgehead atoms. The number of rotatable bonds is 6. The highest BCUT2D eigenvalue weighted by atomic mass is 19.1. The van der Waals surface area contributed by atoms with Gasteiger partial charge in [-0.15, -0.1) is 0 Å². The lowest BCUT2D eigenvalue weighted by atomic mass is 9.85. The molecule has 1 heterocycles. The Morgan fingerprint density at radius 1 is 1.19 bits per heavy atom. The molecule has 0 unspecified atom stereocenters. The number of benzene rings is 2. The molecule has 1 aliphatic heterocycles. The van der Waals surface area contributed by atoms with Gasteiger partial charge in [-0.1, -0.05) is 18.2 Å². The fourth-order valence-electron chi connectivity index (χ4n) is 3.57. The second-order valence-corrected chi connectivity index (χ2v) is 6.92. The van der Waals surface area contributed by atoms with E-state index in [-0.39, 0.29) is 11.7 Å². The first kappa shape index (κ1) is 19.2. The highest BCUT2D eigenvalue weighted by Crippen LogP contribution is 2.29. The molecule has 1 aliphatic rings. The van der Waals surface area contributed by atoms with Crippen LogP contribution in [0.4, 0.5) is 10.1 Å². The molecule has 2 N–H and O–H groups in total. The summed E-state index contributed by atoms with van der Waals surface area (Å²) in [4.78, 5) is 14.9. The highest BCUT2D eigenvalue weighted by molar-refractivity contribution is 5.89. The number of methoxy groups -OCH3 is 1. The molecule has 0 atom stereocenters. The molecule has 1 amide bonds. The molecule has 144 valence electrons. The summed E-state index contributed by atoms with van der Waals surface area (Å²) in [6.45, 7) is 2.39. The zero-order valence-electron chi connectivity index (χ0n) is 15.8. The van der Waals surface area contributed by atoms with Crippen molar-refractivity contribution < 1.29 is 13.9 Å². The van der Waals surface area contributed by atoms with E-state index in [1.165, 1.54) is 17.7 Å². The summed E-state index contributed by atoms with van der Waals surface area (Å²) in [5.74, 6) is 0.468. The van der Waals surface area contributed by atoms with Crippen LogP contribution in [0.25, 0.3) is 0 Å². The Kier molecular flexibility index (Phi) is 5.96. The van der Waals surface area contributed by atoms with Gasteiger partial charge in [0.1, 0.15) is 17.1 Å². The van der Waals surface area contributed by atoms with E-state index >= 15 is 0 Å². The minimum atomic E-state index is -0.723. The fourth-order valence-corrected chi connectivity index (χ4v) is 3.57. The average Bonchev–Trinajstić information content (AvgIpc) is 2.69. The monoisotopic (exact) mass is 371 g/mol. The predicted molar refractivity (Wildman–Crippen MR) is 104 cm³/mol.